The quantitative estimate of drug-likeness (QED) is 0.843. The fraction of sp³-hybridized carbons (Fsp3) is 0.500. The number of hydrogen-bond donors (Lipinski definition) is 2. The SMILES string of the molecule is NCC1(C(=O)O)CCCN(Cc2ccccc2)C1. The van der Waals surface area contributed by atoms with Crippen molar-refractivity contribution in [2.45, 2.75) is 19.4 Å². The van der Waals surface area contributed by atoms with Crippen LogP contribution < -0.4 is 5.73 Å². The molecule has 1 aromatic carbocycles. The van der Waals surface area contributed by atoms with Gasteiger partial charge in [0.05, 0.1) is 5.41 Å². The molecule has 0 aliphatic carbocycles. The van der Waals surface area contributed by atoms with E-state index in [0.29, 0.717) is 13.0 Å². The molecule has 1 aromatic rings. The summed E-state index contributed by atoms with van der Waals surface area (Å²) in [5.74, 6) is -0.761. The van der Waals surface area contributed by atoms with Gasteiger partial charge >= 0.3 is 5.97 Å². The van der Waals surface area contributed by atoms with E-state index >= 15 is 0 Å². The van der Waals surface area contributed by atoms with Gasteiger partial charge in [0.1, 0.15) is 0 Å². The Balaban J connectivity index is 2.05. The number of carbonyl (C=O) groups is 1. The van der Waals surface area contributed by atoms with Crippen molar-refractivity contribution in [2.75, 3.05) is 19.6 Å². The van der Waals surface area contributed by atoms with Crippen LogP contribution in [0.2, 0.25) is 0 Å². The van der Waals surface area contributed by atoms with Gasteiger partial charge in [-0.2, -0.15) is 0 Å². The highest BCUT2D eigenvalue weighted by molar-refractivity contribution is 5.75. The highest BCUT2D eigenvalue weighted by Crippen LogP contribution is 2.30. The summed E-state index contributed by atoms with van der Waals surface area (Å²) in [5.41, 5.74) is 6.15. The van der Waals surface area contributed by atoms with Crippen LogP contribution in [-0.4, -0.2) is 35.6 Å². The third-order valence-electron chi connectivity index (χ3n) is 3.75. The Labute approximate surface area is 107 Å². The largest absolute Gasteiger partial charge is 0.481 e. The number of benzene rings is 1. The normalized spacial score (nSPS) is 24.9. The van der Waals surface area contributed by atoms with Gasteiger partial charge in [-0.3, -0.25) is 9.69 Å². The molecule has 1 unspecified atom stereocenters. The van der Waals surface area contributed by atoms with Crippen molar-refractivity contribution in [3.05, 3.63) is 35.9 Å². The van der Waals surface area contributed by atoms with Crippen molar-refractivity contribution in [3.63, 3.8) is 0 Å². The Morgan fingerprint density at radius 3 is 2.72 bits per heavy atom. The van der Waals surface area contributed by atoms with E-state index in [1.165, 1.54) is 5.56 Å². The van der Waals surface area contributed by atoms with Gasteiger partial charge in [0.15, 0.2) is 0 Å². The van der Waals surface area contributed by atoms with Gasteiger partial charge in [-0.15, -0.1) is 0 Å². The number of carboxylic acid groups (broad SMARTS) is 1. The number of rotatable bonds is 4. The summed E-state index contributed by atoms with van der Waals surface area (Å²) in [7, 11) is 0. The predicted molar refractivity (Wildman–Crippen MR) is 70.1 cm³/mol. The maximum atomic E-state index is 11.4. The molecule has 0 amide bonds. The molecule has 0 aromatic heterocycles. The molecule has 3 N–H and O–H groups in total. The number of nitrogens with two attached hydrogens (primary N) is 1. The van der Waals surface area contributed by atoms with Gasteiger partial charge in [0.2, 0.25) is 0 Å². The molecule has 1 atom stereocenters. The zero-order valence-electron chi connectivity index (χ0n) is 10.5. The van der Waals surface area contributed by atoms with Crippen LogP contribution in [0.5, 0.6) is 0 Å². The second-order valence-electron chi connectivity index (χ2n) is 5.09. The monoisotopic (exact) mass is 248 g/mol. The molecule has 0 saturated carbocycles. The summed E-state index contributed by atoms with van der Waals surface area (Å²) in [6.45, 7) is 2.52. The third-order valence-corrected chi connectivity index (χ3v) is 3.75. The van der Waals surface area contributed by atoms with Crippen LogP contribution in [0, 0.1) is 5.41 Å². The molecule has 1 heterocycles. The second kappa shape index (κ2) is 5.50. The van der Waals surface area contributed by atoms with Crippen molar-refractivity contribution in [1.29, 1.82) is 0 Å². The van der Waals surface area contributed by atoms with E-state index in [2.05, 4.69) is 17.0 Å². The molecule has 0 radical (unpaired) electrons. The molecule has 2 rings (SSSR count). The van der Waals surface area contributed by atoms with E-state index in [1.54, 1.807) is 0 Å². The Morgan fingerprint density at radius 2 is 2.11 bits per heavy atom. The lowest BCUT2D eigenvalue weighted by atomic mass is 9.80. The smallest absolute Gasteiger partial charge is 0.312 e. The minimum absolute atomic E-state index is 0.216. The first-order chi connectivity index (χ1) is 8.66. The molecule has 1 aliphatic heterocycles. The summed E-state index contributed by atoms with van der Waals surface area (Å²) in [6, 6.07) is 10.1. The van der Waals surface area contributed by atoms with Crippen LogP contribution in [0.3, 0.4) is 0 Å². The van der Waals surface area contributed by atoms with Gasteiger partial charge < -0.3 is 10.8 Å². The zero-order valence-corrected chi connectivity index (χ0v) is 10.5. The van der Waals surface area contributed by atoms with Crippen molar-refractivity contribution in [3.8, 4) is 0 Å². The molecule has 0 spiro atoms. The summed E-state index contributed by atoms with van der Waals surface area (Å²) >= 11 is 0. The molecular weight excluding hydrogens is 228 g/mol. The van der Waals surface area contributed by atoms with E-state index in [0.717, 1.165) is 19.5 Å². The molecular formula is C14H20N2O2. The molecule has 4 nitrogen and oxygen atoms in total. The van der Waals surface area contributed by atoms with E-state index in [4.69, 9.17) is 5.73 Å². The lowest BCUT2D eigenvalue weighted by Crippen LogP contribution is -2.51. The molecule has 98 valence electrons. The van der Waals surface area contributed by atoms with E-state index in [1.807, 2.05) is 18.2 Å². The fourth-order valence-electron chi connectivity index (χ4n) is 2.63. The average Bonchev–Trinajstić information content (AvgIpc) is 2.40. The van der Waals surface area contributed by atoms with Crippen LogP contribution in [0.4, 0.5) is 0 Å². The standard InChI is InChI=1S/C14H20N2O2/c15-10-14(13(17)18)7-4-8-16(11-14)9-12-5-2-1-3-6-12/h1-3,5-6H,4,7-11,15H2,(H,17,18). The van der Waals surface area contributed by atoms with Gasteiger partial charge in [-0.05, 0) is 24.9 Å². The molecule has 1 saturated heterocycles. The fourth-order valence-corrected chi connectivity index (χ4v) is 2.63. The number of nitrogens with zero attached hydrogens (tertiary/aromatic N) is 1. The van der Waals surface area contributed by atoms with E-state index in [-0.39, 0.29) is 6.54 Å². The minimum atomic E-state index is -0.761. The zero-order chi connectivity index (χ0) is 13.0. The first-order valence-corrected chi connectivity index (χ1v) is 6.36. The number of likely N-dealkylation sites (tertiary alicyclic amines) is 1. The van der Waals surface area contributed by atoms with Gasteiger partial charge in [-0.25, -0.2) is 0 Å². The van der Waals surface area contributed by atoms with Crippen LogP contribution >= 0.6 is 0 Å². The van der Waals surface area contributed by atoms with E-state index < -0.39 is 11.4 Å². The topological polar surface area (TPSA) is 66.6 Å². The molecule has 18 heavy (non-hydrogen) atoms. The predicted octanol–water partition coefficient (Wildman–Crippen LogP) is 1.31. The molecule has 1 fully saturated rings. The number of hydrogen-bond acceptors (Lipinski definition) is 3. The third kappa shape index (κ3) is 2.71. The highest BCUT2D eigenvalue weighted by Gasteiger charge is 2.41. The van der Waals surface area contributed by atoms with Crippen LogP contribution in [-0.2, 0) is 11.3 Å². The van der Waals surface area contributed by atoms with Crippen molar-refractivity contribution < 1.29 is 9.90 Å². The van der Waals surface area contributed by atoms with Crippen LogP contribution in [0.1, 0.15) is 18.4 Å². The number of piperidine rings is 1. The maximum Gasteiger partial charge on any atom is 0.312 e. The Morgan fingerprint density at radius 1 is 1.39 bits per heavy atom. The van der Waals surface area contributed by atoms with Crippen molar-refractivity contribution >= 4 is 5.97 Å². The van der Waals surface area contributed by atoms with Gasteiger partial charge in [-0.1, -0.05) is 30.3 Å². The summed E-state index contributed by atoms with van der Waals surface area (Å²) < 4.78 is 0. The van der Waals surface area contributed by atoms with Crippen LogP contribution in [0.25, 0.3) is 0 Å². The second-order valence-corrected chi connectivity index (χ2v) is 5.09. The van der Waals surface area contributed by atoms with Crippen molar-refractivity contribution in [2.24, 2.45) is 11.1 Å². The highest BCUT2D eigenvalue weighted by atomic mass is 16.4. The molecule has 0 bridgehead atoms. The molecule has 4 heteroatoms. The summed E-state index contributed by atoms with van der Waals surface area (Å²) in [4.78, 5) is 13.6. The van der Waals surface area contributed by atoms with Gasteiger partial charge in [0.25, 0.3) is 0 Å². The summed E-state index contributed by atoms with van der Waals surface area (Å²) in [6.07, 6.45) is 1.58. The summed E-state index contributed by atoms with van der Waals surface area (Å²) in [5, 5.41) is 9.37. The minimum Gasteiger partial charge on any atom is -0.481 e. The molecule has 1 aliphatic rings. The Bertz CT molecular complexity index is 408. The lowest BCUT2D eigenvalue weighted by molar-refractivity contribution is -0.152. The Kier molecular flexibility index (Phi) is 3.99. The Hall–Kier alpha value is -1.39. The van der Waals surface area contributed by atoms with Crippen LogP contribution in [0.15, 0.2) is 30.3 Å². The first-order valence-electron chi connectivity index (χ1n) is 6.36. The number of carboxylic acids is 1. The van der Waals surface area contributed by atoms with Gasteiger partial charge in [0, 0.05) is 19.6 Å². The first kappa shape index (κ1) is 13.1. The van der Waals surface area contributed by atoms with E-state index in [9.17, 15) is 9.90 Å². The average molecular weight is 248 g/mol. The maximum absolute atomic E-state index is 11.4. The number of aliphatic carboxylic acids is 1. The lowest BCUT2D eigenvalue weighted by Gasteiger charge is -2.39. The van der Waals surface area contributed by atoms with Crippen molar-refractivity contribution in [1.82, 2.24) is 4.90 Å².